The first-order valence-corrected chi connectivity index (χ1v) is 18.8. The number of halogens is 2. The first kappa shape index (κ1) is 19.3. The molecule has 2 aromatic rings. The van der Waals surface area contributed by atoms with Gasteiger partial charge in [0.2, 0.25) is 0 Å². The summed E-state index contributed by atoms with van der Waals surface area (Å²) >= 11 is -2.79. The fraction of sp³-hybridized carbons (Fsp3) is 0.400. The third-order valence-corrected chi connectivity index (χ3v) is 10.7. The van der Waals surface area contributed by atoms with E-state index in [9.17, 15) is 13.6 Å². The van der Waals surface area contributed by atoms with Gasteiger partial charge in [-0.25, -0.2) is 0 Å². The number of pyridine rings is 1. The third-order valence-electron chi connectivity index (χ3n) is 5.04. The number of rotatable bonds is 4. The maximum absolute atomic E-state index is 14.2. The second kappa shape index (κ2) is 7.25. The zero-order valence-corrected chi connectivity index (χ0v) is 18.5. The van der Waals surface area contributed by atoms with Crippen LogP contribution in [0.4, 0.5) is 8.78 Å². The minimum absolute atomic E-state index is 0.0526. The molecular weight excluding hydrogens is 441 g/mol. The van der Waals surface area contributed by atoms with E-state index in [1.54, 1.807) is 17.3 Å². The van der Waals surface area contributed by atoms with Gasteiger partial charge in [0, 0.05) is 0 Å². The minimum atomic E-state index is -2.79. The Kier molecular flexibility index (Phi) is 5.37. The van der Waals surface area contributed by atoms with Gasteiger partial charge in [-0.3, -0.25) is 0 Å². The van der Waals surface area contributed by atoms with Crippen LogP contribution in [0.5, 0.6) is 0 Å². The number of likely N-dealkylation sites (tertiary alicyclic amines) is 1. The molecule has 1 aromatic carbocycles. The summed E-state index contributed by atoms with van der Waals surface area (Å²) in [7, 11) is 0. The second-order valence-corrected chi connectivity index (χ2v) is 22.5. The Labute approximate surface area is 157 Å². The summed E-state index contributed by atoms with van der Waals surface area (Å²) in [6, 6.07) is 5.00. The van der Waals surface area contributed by atoms with Crippen LogP contribution >= 0.6 is 0 Å². The van der Waals surface area contributed by atoms with E-state index in [0.29, 0.717) is 23.1 Å². The molecule has 26 heavy (non-hydrogen) atoms. The van der Waals surface area contributed by atoms with Gasteiger partial charge in [-0.15, -0.1) is 0 Å². The second-order valence-electron chi connectivity index (χ2n) is 8.09. The molecule has 1 aromatic heterocycles. The van der Waals surface area contributed by atoms with Crippen LogP contribution in [0.3, 0.4) is 0 Å². The average Bonchev–Trinajstić information content (AvgIpc) is 2.92. The van der Waals surface area contributed by atoms with Gasteiger partial charge in [0.05, 0.1) is 0 Å². The molecule has 1 fully saturated rings. The van der Waals surface area contributed by atoms with Crippen molar-refractivity contribution in [2.24, 2.45) is 0 Å². The van der Waals surface area contributed by atoms with Crippen molar-refractivity contribution in [3.05, 3.63) is 58.9 Å². The molecule has 1 saturated heterocycles. The Balaban J connectivity index is 1.85. The van der Waals surface area contributed by atoms with Crippen molar-refractivity contribution in [1.82, 2.24) is 9.88 Å². The van der Waals surface area contributed by atoms with Crippen LogP contribution in [-0.2, 0) is 11.3 Å². The van der Waals surface area contributed by atoms with Gasteiger partial charge < -0.3 is 0 Å². The van der Waals surface area contributed by atoms with E-state index < -0.39 is 30.0 Å². The van der Waals surface area contributed by atoms with Crippen molar-refractivity contribution in [3.8, 4) is 0 Å². The summed E-state index contributed by atoms with van der Waals surface area (Å²) in [6.07, 6.45) is 3.85. The van der Waals surface area contributed by atoms with E-state index in [-0.39, 0.29) is 11.8 Å². The average molecular weight is 465 g/mol. The van der Waals surface area contributed by atoms with E-state index in [1.165, 1.54) is 6.07 Å². The number of hydrogen-bond donors (Lipinski definition) is 0. The van der Waals surface area contributed by atoms with Gasteiger partial charge >= 0.3 is 157 Å². The van der Waals surface area contributed by atoms with E-state index in [1.807, 2.05) is 19.1 Å². The molecule has 6 heteroatoms. The first-order chi connectivity index (χ1) is 12.2. The Bertz CT molecular complexity index is 848. The number of hydrogen-bond acceptors (Lipinski definition) is 2. The normalized spacial score (nSPS) is 17.8. The van der Waals surface area contributed by atoms with Crippen molar-refractivity contribution < 1.29 is 13.6 Å². The van der Waals surface area contributed by atoms with Gasteiger partial charge in [0.1, 0.15) is 0 Å². The van der Waals surface area contributed by atoms with Crippen LogP contribution in [0.15, 0.2) is 30.6 Å². The summed E-state index contributed by atoms with van der Waals surface area (Å²) < 4.78 is 29.0. The molecule has 0 radical (unpaired) electrons. The number of nitrogens with zero attached hydrogens (tertiary/aromatic N) is 2. The van der Waals surface area contributed by atoms with Crippen molar-refractivity contribution in [2.45, 2.75) is 40.6 Å². The molecule has 1 amide bonds. The summed E-state index contributed by atoms with van der Waals surface area (Å²) in [6.45, 7) is 3.03. The zero-order chi connectivity index (χ0) is 19.1. The van der Waals surface area contributed by atoms with Crippen LogP contribution in [-0.4, -0.2) is 40.7 Å². The standard InChI is InChI=1S/C17H15F2N2O.3CH3.Sn/c1-11-8-20-5-4-13(11)9-21-10-14(7-17(21)22)12-2-3-15(18)16(19)6-12;;;;/h2,4-6,8,14H,7,9-10H2,1H3;3*1H3;/t14-;;;;/m0..../s1. The molecule has 0 N–H and O–H groups in total. The molecule has 1 aliphatic rings. The Hall–Kier alpha value is -1.50. The quantitative estimate of drug-likeness (QED) is 0.646. The molecule has 0 aliphatic carbocycles. The topological polar surface area (TPSA) is 33.2 Å². The van der Waals surface area contributed by atoms with E-state index >= 15 is 0 Å². The number of aryl methyl sites for hydroxylation is 1. The maximum atomic E-state index is 14.2. The zero-order valence-electron chi connectivity index (χ0n) is 15.6. The molecule has 1 aliphatic heterocycles. The molecule has 0 unspecified atom stereocenters. The summed E-state index contributed by atoms with van der Waals surface area (Å²) in [5.74, 6) is -1.53. The van der Waals surface area contributed by atoms with Crippen molar-refractivity contribution >= 4 is 27.9 Å². The van der Waals surface area contributed by atoms with Crippen LogP contribution in [0.25, 0.3) is 0 Å². The van der Waals surface area contributed by atoms with Crippen LogP contribution in [0, 0.1) is 18.6 Å². The predicted molar refractivity (Wildman–Crippen MR) is 101 cm³/mol. The van der Waals surface area contributed by atoms with Gasteiger partial charge in [0.25, 0.3) is 0 Å². The van der Waals surface area contributed by atoms with Crippen molar-refractivity contribution in [3.63, 3.8) is 0 Å². The molecule has 138 valence electrons. The molecule has 0 bridgehead atoms. The van der Waals surface area contributed by atoms with Crippen LogP contribution in [0.2, 0.25) is 14.8 Å². The monoisotopic (exact) mass is 466 g/mol. The number of amides is 1. The van der Waals surface area contributed by atoms with Crippen LogP contribution < -0.4 is 3.58 Å². The van der Waals surface area contributed by atoms with Crippen molar-refractivity contribution in [2.75, 3.05) is 6.54 Å². The Morgan fingerprint density at radius 3 is 2.65 bits per heavy atom. The fourth-order valence-electron chi connectivity index (χ4n) is 3.42. The number of benzene rings is 1. The van der Waals surface area contributed by atoms with E-state index in [4.69, 9.17) is 0 Å². The summed E-state index contributed by atoms with van der Waals surface area (Å²) in [5.41, 5.74) is 2.85. The van der Waals surface area contributed by atoms with E-state index in [2.05, 4.69) is 19.8 Å². The summed E-state index contributed by atoms with van der Waals surface area (Å²) in [5, 5.41) is 0. The van der Waals surface area contributed by atoms with Gasteiger partial charge in [-0.05, 0) is 0 Å². The van der Waals surface area contributed by atoms with Crippen molar-refractivity contribution in [1.29, 1.82) is 0 Å². The SMILES string of the molecule is Cc1cnccc1CN1C[C@@H](c2cc(F)c(F)[c]([Sn]([CH3])([CH3])[CH3])c2)CC1=O. The molecular formula is C20H24F2N2OSn. The van der Waals surface area contributed by atoms with Gasteiger partial charge in [0.15, 0.2) is 0 Å². The fourth-order valence-corrected chi connectivity index (χ4v) is 7.36. The third kappa shape index (κ3) is 3.92. The molecule has 0 spiro atoms. The summed E-state index contributed by atoms with van der Waals surface area (Å²) in [4.78, 5) is 24.5. The van der Waals surface area contributed by atoms with Gasteiger partial charge in [-0.1, -0.05) is 0 Å². The predicted octanol–water partition coefficient (Wildman–Crippen LogP) is 3.73. The molecule has 3 nitrogen and oxygen atoms in total. The molecule has 2 heterocycles. The number of aromatic nitrogens is 1. The Morgan fingerprint density at radius 2 is 2.00 bits per heavy atom. The number of carbonyl (C=O) groups excluding carboxylic acids is 1. The number of carbonyl (C=O) groups is 1. The van der Waals surface area contributed by atoms with Gasteiger partial charge in [-0.2, -0.15) is 0 Å². The first-order valence-electron chi connectivity index (χ1n) is 8.83. The van der Waals surface area contributed by atoms with Crippen LogP contribution in [0.1, 0.15) is 29.0 Å². The Morgan fingerprint density at radius 1 is 1.27 bits per heavy atom. The van der Waals surface area contributed by atoms with E-state index in [0.717, 1.165) is 16.7 Å². The molecule has 1 atom stereocenters. The molecule has 0 saturated carbocycles. The molecule has 3 rings (SSSR count).